The molecule has 1 fully saturated rings. The van der Waals surface area contributed by atoms with E-state index in [1.54, 1.807) is 0 Å². The maximum Gasteiger partial charge on any atom is 0.242 e. The van der Waals surface area contributed by atoms with Crippen LogP contribution in [0.5, 0.6) is 0 Å². The van der Waals surface area contributed by atoms with E-state index in [2.05, 4.69) is 43.5 Å². The van der Waals surface area contributed by atoms with E-state index < -0.39 is 0 Å². The first-order valence-electron chi connectivity index (χ1n) is 7.03. The Morgan fingerprint density at radius 2 is 1.95 bits per heavy atom. The molecule has 1 aromatic rings. The van der Waals surface area contributed by atoms with Crippen molar-refractivity contribution in [3.8, 4) is 0 Å². The van der Waals surface area contributed by atoms with Crippen LogP contribution in [0, 0.1) is 0 Å². The largest absolute Gasteiger partial charge is 0.350 e. The molecule has 1 atom stereocenters. The van der Waals surface area contributed by atoms with Crippen molar-refractivity contribution in [3.63, 3.8) is 0 Å². The highest BCUT2D eigenvalue weighted by Gasteiger charge is 2.26. The zero-order valence-corrected chi connectivity index (χ0v) is 12.3. The second-order valence-electron chi connectivity index (χ2n) is 6.32. The fraction of sp³-hybridized carbons (Fsp3) is 0.500. The zero-order chi connectivity index (χ0) is 14.8. The SMILES string of the molecule is CC(C)(C)c1ccc(CNC(=O)C2CCC(=O)N2)cc1. The van der Waals surface area contributed by atoms with Gasteiger partial charge in [-0.3, -0.25) is 9.59 Å². The molecule has 0 spiro atoms. The van der Waals surface area contributed by atoms with Crippen molar-refractivity contribution >= 4 is 11.8 Å². The quantitative estimate of drug-likeness (QED) is 0.884. The molecule has 1 aliphatic heterocycles. The molecule has 0 aromatic heterocycles. The van der Waals surface area contributed by atoms with Gasteiger partial charge in [-0.05, 0) is 23.0 Å². The molecule has 1 saturated heterocycles. The first-order chi connectivity index (χ1) is 9.36. The smallest absolute Gasteiger partial charge is 0.242 e. The normalized spacial score (nSPS) is 18.8. The lowest BCUT2D eigenvalue weighted by Crippen LogP contribution is -2.41. The van der Waals surface area contributed by atoms with Crippen LogP contribution in [0.3, 0.4) is 0 Å². The van der Waals surface area contributed by atoms with Crippen molar-refractivity contribution in [2.45, 2.75) is 51.6 Å². The van der Waals surface area contributed by atoms with Crippen LogP contribution >= 0.6 is 0 Å². The Morgan fingerprint density at radius 3 is 2.45 bits per heavy atom. The van der Waals surface area contributed by atoms with Gasteiger partial charge in [0, 0.05) is 13.0 Å². The fourth-order valence-electron chi connectivity index (χ4n) is 2.25. The monoisotopic (exact) mass is 274 g/mol. The molecule has 1 aliphatic rings. The Kier molecular flexibility index (Phi) is 4.12. The van der Waals surface area contributed by atoms with E-state index >= 15 is 0 Å². The topological polar surface area (TPSA) is 58.2 Å². The molecule has 4 nitrogen and oxygen atoms in total. The van der Waals surface area contributed by atoms with E-state index in [1.807, 2.05) is 12.1 Å². The number of carbonyl (C=O) groups is 2. The number of benzene rings is 1. The Morgan fingerprint density at radius 1 is 1.30 bits per heavy atom. The van der Waals surface area contributed by atoms with E-state index in [0.29, 0.717) is 19.4 Å². The summed E-state index contributed by atoms with van der Waals surface area (Å²) in [5.41, 5.74) is 2.47. The van der Waals surface area contributed by atoms with Crippen molar-refractivity contribution in [1.29, 1.82) is 0 Å². The van der Waals surface area contributed by atoms with Crippen molar-refractivity contribution in [2.24, 2.45) is 0 Å². The predicted molar refractivity (Wildman–Crippen MR) is 78.2 cm³/mol. The lowest BCUT2D eigenvalue weighted by molar-refractivity contribution is -0.125. The maximum absolute atomic E-state index is 11.9. The summed E-state index contributed by atoms with van der Waals surface area (Å²) in [7, 11) is 0. The average Bonchev–Trinajstić information content (AvgIpc) is 2.82. The fourth-order valence-corrected chi connectivity index (χ4v) is 2.25. The van der Waals surface area contributed by atoms with Crippen LogP contribution in [0.15, 0.2) is 24.3 Å². The van der Waals surface area contributed by atoms with Crippen molar-refractivity contribution in [2.75, 3.05) is 0 Å². The van der Waals surface area contributed by atoms with Crippen LogP contribution < -0.4 is 10.6 Å². The van der Waals surface area contributed by atoms with Crippen molar-refractivity contribution in [3.05, 3.63) is 35.4 Å². The third-order valence-electron chi connectivity index (χ3n) is 3.60. The number of nitrogens with one attached hydrogen (secondary N) is 2. The van der Waals surface area contributed by atoms with Gasteiger partial charge < -0.3 is 10.6 Å². The Hall–Kier alpha value is -1.84. The molecule has 1 aromatic carbocycles. The number of hydrogen-bond donors (Lipinski definition) is 2. The predicted octanol–water partition coefficient (Wildman–Crippen LogP) is 1.88. The molecule has 1 unspecified atom stereocenters. The summed E-state index contributed by atoms with van der Waals surface area (Å²) >= 11 is 0. The van der Waals surface area contributed by atoms with Gasteiger partial charge in [-0.25, -0.2) is 0 Å². The molecule has 2 amide bonds. The van der Waals surface area contributed by atoms with Crippen LogP contribution in [0.2, 0.25) is 0 Å². The zero-order valence-electron chi connectivity index (χ0n) is 12.3. The lowest BCUT2D eigenvalue weighted by Gasteiger charge is -2.19. The lowest BCUT2D eigenvalue weighted by atomic mass is 9.87. The van der Waals surface area contributed by atoms with Gasteiger partial charge in [0.2, 0.25) is 11.8 Å². The summed E-state index contributed by atoms with van der Waals surface area (Å²) in [6.45, 7) is 7.02. The molecule has 2 N–H and O–H groups in total. The molecule has 1 heterocycles. The summed E-state index contributed by atoms with van der Waals surface area (Å²) in [6.07, 6.45) is 1.03. The first-order valence-corrected chi connectivity index (χ1v) is 7.03. The Labute approximate surface area is 119 Å². The number of carbonyl (C=O) groups excluding carboxylic acids is 2. The van der Waals surface area contributed by atoms with Gasteiger partial charge >= 0.3 is 0 Å². The molecule has 0 bridgehead atoms. The van der Waals surface area contributed by atoms with Crippen LogP contribution in [0.25, 0.3) is 0 Å². The van der Waals surface area contributed by atoms with E-state index in [0.717, 1.165) is 5.56 Å². The summed E-state index contributed by atoms with van der Waals surface area (Å²) in [4.78, 5) is 22.9. The molecular weight excluding hydrogens is 252 g/mol. The molecule has 20 heavy (non-hydrogen) atoms. The van der Waals surface area contributed by atoms with Gasteiger partial charge in [0.05, 0.1) is 0 Å². The Balaban J connectivity index is 1.88. The van der Waals surface area contributed by atoms with Crippen LogP contribution in [0.1, 0.15) is 44.7 Å². The summed E-state index contributed by atoms with van der Waals surface area (Å²) < 4.78 is 0. The molecule has 0 aliphatic carbocycles. The second-order valence-corrected chi connectivity index (χ2v) is 6.32. The standard InChI is InChI=1S/C16H22N2O2/c1-16(2,3)12-6-4-11(5-7-12)10-17-15(20)13-8-9-14(19)18-13/h4-7,13H,8-10H2,1-3H3,(H,17,20)(H,18,19). The summed E-state index contributed by atoms with van der Waals surface area (Å²) in [6, 6.07) is 7.90. The van der Waals surface area contributed by atoms with Crippen molar-refractivity contribution in [1.82, 2.24) is 10.6 Å². The first kappa shape index (κ1) is 14.6. The summed E-state index contributed by atoms with van der Waals surface area (Å²) in [5, 5.41) is 5.53. The van der Waals surface area contributed by atoms with Gasteiger partial charge in [-0.15, -0.1) is 0 Å². The van der Waals surface area contributed by atoms with Crippen molar-refractivity contribution < 1.29 is 9.59 Å². The van der Waals surface area contributed by atoms with E-state index in [1.165, 1.54) is 5.56 Å². The highest BCUT2D eigenvalue weighted by atomic mass is 16.2. The van der Waals surface area contributed by atoms with Crippen LogP contribution in [-0.2, 0) is 21.5 Å². The molecule has 4 heteroatoms. The van der Waals surface area contributed by atoms with Gasteiger partial charge in [0.15, 0.2) is 0 Å². The minimum atomic E-state index is -0.364. The molecule has 0 radical (unpaired) electrons. The van der Waals surface area contributed by atoms with Gasteiger partial charge in [-0.2, -0.15) is 0 Å². The van der Waals surface area contributed by atoms with Crippen LogP contribution in [-0.4, -0.2) is 17.9 Å². The van der Waals surface area contributed by atoms with Gasteiger partial charge in [0.25, 0.3) is 0 Å². The van der Waals surface area contributed by atoms with E-state index in [-0.39, 0.29) is 23.3 Å². The van der Waals surface area contributed by atoms with E-state index in [9.17, 15) is 9.59 Å². The van der Waals surface area contributed by atoms with Gasteiger partial charge in [0.1, 0.15) is 6.04 Å². The van der Waals surface area contributed by atoms with Gasteiger partial charge in [-0.1, -0.05) is 45.0 Å². The minimum Gasteiger partial charge on any atom is -0.350 e. The average molecular weight is 274 g/mol. The number of rotatable bonds is 3. The van der Waals surface area contributed by atoms with E-state index in [4.69, 9.17) is 0 Å². The Bertz CT molecular complexity index is 500. The molecule has 2 rings (SSSR count). The highest BCUT2D eigenvalue weighted by molar-refractivity contribution is 5.90. The second kappa shape index (κ2) is 5.65. The maximum atomic E-state index is 11.9. The summed E-state index contributed by atoms with van der Waals surface area (Å²) in [5.74, 6) is -0.143. The molecular formula is C16H22N2O2. The third kappa shape index (κ3) is 3.59. The number of amides is 2. The minimum absolute atomic E-state index is 0.0420. The number of hydrogen-bond acceptors (Lipinski definition) is 2. The molecule has 0 saturated carbocycles. The third-order valence-corrected chi connectivity index (χ3v) is 3.60. The van der Waals surface area contributed by atoms with Crippen LogP contribution in [0.4, 0.5) is 0 Å². The highest BCUT2D eigenvalue weighted by Crippen LogP contribution is 2.22. The molecule has 108 valence electrons.